The van der Waals surface area contributed by atoms with E-state index in [4.69, 9.17) is 9.47 Å². The zero-order valence-corrected chi connectivity index (χ0v) is 15.5. The van der Waals surface area contributed by atoms with Crippen molar-refractivity contribution in [3.63, 3.8) is 0 Å². The Bertz CT molecular complexity index is 335. The molecule has 0 N–H and O–H groups in total. The van der Waals surface area contributed by atoms with Gasteiger partial charge in [0.1, 0.15) is 5.72 Å². The SMILES string of the molecule is COC1CCN(C(C)(C)OC2CCN(C(C)(C)C)CC2)CC1. The van der Waals surface area contributed by atoms with E-state index in [1.54, 1.807) is 0 Å². The molecule has 0 aromatic rings. The second kappa shape index (κ2) is 7.16. The normalized spacial score (nSPS) is 24.8. The van der Waals surface area contributed by atoms with Crippen molar-refractivity contribution in [1.29, 1.82) is 0 Å². The summed E-state index contributed by atoms with van der Waals surface area (Å²) in [6.07, 6.45) is 5.36. The molecule has 2 saturated heterocycles. The predicted octanol–water partition coefficient (Wildman–Crippen LogP) is 3.11. The van der Waals surface area contributed by atoms with Crippen molar-refractivity contribution >= 4 is 0 Å². The molecule has 2 heterocycles. The highest BCUT2D eigenvalue weighted by molar-refractivity contribution is 4.85. The molecule has 0 spiro atoms. The maximum atomic E-state index is 6.51. The molecule has 0 aromatic heterocycles. The molecule has 0 saturated carbocycles. The topological polar surface area (TPSA) is 24.9 Å². The van der Waals surface area contributed by atoms with Gasteiger partial charge in [0.05, 0.1) is 12.2 Å². The van der Waals surface area contributed by atoms with Gasteiger partial charge in [-0.1, -0.05) is 0 Å². The van der Waals surface area contributed by atoms with Gasteiger partial charge in [-0.05, 0) is 60.3 Å². The second-order valence-corrected chi connectivity index (χ2v) is 8.34. The molecule has 2 rings (SSSR count). The largest absolute Gasteiger partial charge is 0.381 e. The van der Waals surface area contributed by atoms with Gasteiger partial charge in [0.15, 0.2) is 0 Å². The zero-order chi connectivity index (χ0) is 16.4. The van der Waals surface area contributed by atoms with Crippen LogP contribution in [-0.2, 0) is 9.47 Å². The Kier molecular flexibility index (Phi) is 5.92. The van der Waals surface area contributed by atoms with E-state index in [1.165, 1.54) is 0 Å². The molecule has 0 atom stereocenters. The van der Waals surface area contributed by atoms with Crippen molar-refractivity contribution in [2.45, 2.75) is 83.8 Å². The monoisotopic (exact) mass is 312 g/mol. The first-order valence-corrected chi connectivity index (χ1v) is 8.93. The van der Waals surface area contributed by atoms with Gasteiger partial charge in [0, 0.05) is 38.8 Å². The first-order chi connectivity index (χ1) is 10.2. The van der Waals surface area contributed by atoms with Crippen LogP contribution in [0.2, 0.25) is 0 Å². The van der Waals surface area contributed by atoms with Crippen molar-refractivity contribution in [3.8, 4) is 0 Å². The van der Waals surface area contributed by atoms with E-state index in [1.807, 2.05) is 7.11 Å². The van der Waals surface area contributed by atoms with Crippen LogP contribution >= 0.6 is 0 Å². The van der Waals surface area contributed by atoms with Crippen LogP contribution in [-0.4, -0.2) is 66.6 Å². The number of likely N-dealkylation sites (tertiary alicyclic amines) is 2. The summed E-state index contributed by atoms with van der Waals surface area (Å²) in [5, 5.41) is 0. The van der Waals surface area contributed by atoms with E-state index in [-0.39, 0.29) is 11.3 Å². The molecule has 2 fully saturated rings. The zero-order valence-electron chi connectivity index (χ0n) is 15.5. The Labute approximate surface area is 137 Å². The predicted molar refractivity (Wildman–Crippen MR) is 91.1 cm³/mol. The lowest BCUT2D eigenvalue weighted by molar-refractivity contribution is -0.186. The van der Waals surface area contributed by atoms with E-state index < -0.39 is 0 Å². The van der Waals surface area contributed by atoms with Crippen LogP contribution in [0, 0.1) is 0 Å². The van der Waals surface area contributed by atoms with Crippen molar-refractivity contribution in [3.05, 3.63) is 0 Å². The Morgan fingerprint density at radius 3 is 1.64 bits per heavy atom. The van der Waals surface area contributed by atoms with Crippen LogP contribution < -0.4 is 0 Å². The number of nitrogens with zero attached hydrogens (tertiary/aromatic N) is 2. The van der Waals surface area contributed by atoms with E-state index in [2.05, 4.69) is 44.4 Å². The second-order valence-electron chi connectivity index (χ2n) is 8.34. The minimum atomic E-state index is -0.159. The van der Waals surface area contributed by atoms with Gasteiger partial charge in [0.25, 0.3) is 0 Å². The van der Waals surface area contributed by atoms with Crippen LogP contribution in [0.1, 0.15) is 60.3 Å². The lowest BCUT2D eigenvalue weighted by atomic mass is 9.99. The van der Waals surface area contributed by atoms with Crippen LogP contribution in [0.25, 0.3) is 0 Å². The quantitative estimate of drug-likeness (QED) is 0.796. The molecule has 0 aromatic carbocycles. The third-order valence-corrected chi connectivity index (χ3v) is 5.38. The maximum absolute atomic E-state index is 6.51. The van der Waals surface area contributed by atoms with Crippen molar-refractivity contribution in [1.82, 2.24) is 9.80 Å². The number of ether oxygens (including phenoxy) is 2. The number of hydrogen-bond donors (Lipinski definition) is 0. The highest BCUT2D eigenvalue weighted by Crippen LogP contribution is 2.28. The Morgan fingerprint density at radius 2 is 1.18 bits per heavy atom. The molecular formula is C18H36N2O2. The molecule has 4 nitrogen and oxygen atoms in total. The van der Waals surface area contributed by atoms with Crippen molar-refractivity contribution in [2.24, 2.45) is 0 Å². The molecule has 0 aliphatic carbocycles. The molecule has 2 aliphatic rings. The van der Waals surface area contributed by atoms with E-state index in [9.17, 15) is 0 Å². The lowest BCUT2D eigenvalue weighted by Crippen LogP contribution is -2.54. The molecule has 0 unspecified atom stereocenters. The van der Waals surface area contributed by atoms with Crippen LogP contribution in [0.15, 0.2) is 0 Å². The summed E-state index contributed by atoms with van der Waals surface area (Å²) in [6.45, 7) is 15.8. The Morgan fingerprint density at radius 1 is 0.727 bits per heavy atom. The van der Waals surface area contributed by atoms with Gasteiger partial charge in [-0.25, -0.2) is 0 Å². The fourth-order valence-electron chi connectivity index (χ4n) is 3.76. The van der Waals surface area contributed by atoms with Crippen LogP contribution in [0.3, 0.4) is 0 Å². The highest BCUT2D eigenvalue weighted by Gasteiger charge is 2.35. The van der Waals surface area contributed by atoms with Crippen LogP contribution in [0.5, 0.6) is 0 Å². The number of rotatable bonds is 4. The van der Waals surface area contributed by atoms with Gasteiger partial charge in [0.2, 0.25) is 0 Å². The smallest absolute Gasteiger partial charge is 0.116 e. The molecule has 0 bridgehead atoms. The van der Waals surface area contributed by atoms with Crippen LogP contribution in [0.4, 0.5) is 0 Å². The van der Waals surface area contributed by atoms with Gasteiger partial charge in [-0.2, -0.15) is 0 Å². The molecular weight excluding hydrogens is 276 g/mol. The average molecular weight is 312 g/mol. The van der Waals surface area contributed by atoms with Crippen molar-refractivity contribution < 1.29 is 9.47 Å². The maximum Gasteiger partial charge on any atom is 0.116 e. The van der Waals surface area contributed by atoms with E-state index in [0.717, 1.165) is 51.9 Å². The Balaban J connectivity index is 1.80. The number of piperidine rings is 2. The van der Waals surface area contributed by atoms with Crippen molar-refractivity contribution in [2.75, 3.05) is 33.3 Å². The molecule has 2 aliphatic heterocycles. The fourth-order valence-corrected chi connectivity index (χ4v) is 3.76. The van der Waals surface area contributed by atoms with Gasteiger partial charge in [-0.3, -0.25) is 9.80 Å². The van der Waals surface area contributed by atoms with Gasteiger partial charge in [-0.15, -0.1) is 0 Å². The van der Waals surface area contributed by atoms with E-state index >= 15 is 0 Å². The minimum Gasteiger partial charge on any atom is -0.381 e. The summed E-state index contributed by atoms with van der Waals surface area (Å²) >= 11 is 0. The summed E-state index contributed by atoms with van der Waals surface area (Å²) in [6, 6.07) is 0. The fraction of sp³-hybridized carbons (Fsp3) is 1.00. The highest BCUT2D eigenvalue weighted by atomic mass is 16.5. The third-order valence-electron chi connectivity index (χ3n) is 5.38. The first kappa shape index (κ1) is 18.2. The van der Waals surface area contributed by atoms with Gasteiger partial charge < -0.3 is 9.47 Å². The third kappa shape index (κ3) is 4.67. The minimum absolute atomic E-state index is 0.159. The Hall–Kier alpha value is -0.160. The molecule has 4 heteroatoms. The molecule has 130 valence electrons. The summed E-state index contributed by atoms with van der Waals surface area (Å²) < 4.78 is 12.0. The number of methoxy groups -OCH3 is 1. The summed E-state index contributed by atoms with van der Waals surface area (Å²) in [7, 11) is 1.82. The molecule has 22 heavy (non-hydrogen) atoms. The molecule has 0 radical (unpaired) electrons. The standard InChI is InChI=1S/C18H36N2O2/c1-17(2,3)19-11-9-16(10-12-19)22-18(4,5)20-13-7-15(21-6)8-14-20/h15-16H,7-14H2,1-6H3. The van der Waals surface area contributed by atoms with E-state index in [0.29, 0.717) is 12.2 Å². The number of hydrogen-bond acceptors (Lipinski definition) is 4. The molecule has 0 amide bonds. The summed E-state index contributed by atoms with van der Waals surface area (Å²) in [4.78, 5) is 5.06. The first-order valence-electron chi connectivity index (χ1n) is 8.93. The van der Waals surface area contributed by atoms with Gasteiger partial charge >= 0.3 is 0 Å². The summed E-state index contributed by atoms with van der Waals surface area (Å²) in [5.41, 5.74) is 0.121. The lowest BCUT2D eigenvalue weighted by Gasteiger charge is -2.46. The average Bonchev–Trinajstić information content (AvgIpc) is 2.46. The summed E-state index contributed by atoms with van der Waals surface area (Å²) in [5.74, 6) is 0.